The van der Waals surface area contributed by atoms with Gasteiger partial charge in [-0.3, -0.25) is 4.79 Å². The summed E-state index contributed by atoms with van der Waals surface area (Å²) < 4.78 is 10.7. The van der Waals surface area contributed by atoms with E-state index in [0.29, 0.717) is 12.0 Å². The van der Waals surface area contributed by atoms with E-state index in [1.807, 2.05) is 19.9 Å². The van der Waals surface area contributed by atoms with Crippen LogP contribution >= 0.6 is 0 Å². The summed E-state index contributed by atoms with van der Waals surface area (Å²) in [6, 6.07) is 0. The van der Waals surface area contributed by atoms with Gasteiger partial charge in [-0.15, -0.1) is 0 Å². The predicted octanol–water partition coefficient (Wildman–Crippen LogP) is -0.716. The molecule has 2 aliphatic rings. The minimum Gasteiger partial charge on any atom is -0.394 e. The Balaban J connectivity index is 1.93. The lowest BCUT2D eigenvalue weighted by Gasteiger charge is -2.39. The first-order chi connectivity index (χ1) is 10.8. The van der Waals surface area contributed by atoms with Crippen molar-refractivity contribution in [3.05, 3.63) is 23.3 Å². The van der Waals surface area contributed by atoms with Crippen molar-refractivity contribution >= 4 is 5.78 Å². The van der Waals surface area contributed by atoms with E-state index in [9.17, 15) is 20.1 Å². The molecule has 7 nitrogen and oxygen atoms in total. The van der Waals surface area contributed by atoms with E-state index in [0.717, 1.165) is 5.57 Å². The number of carbonyl (C=O) groups excluding carboxylic acids is 1. The van der Waals surface area contributed by atoms with Gasteiger partial charge in [0.15, 0.2) is 12.1 Å². The Morgan fingerprint density at radius 1 is 1.30 bits per heavy atom. The molecular weight excluding hydrogens is 304 g/mol. The SMILES string of the molecule is CC1=CC(=O)C([C@@H](C)CO[C@@H]2O[C@H](CO)[C@@H](O)[C@H](O)[C@H]2O)=CC1. The van der Waals surface area contributed by atoms with Crippen LogP contribution in [0.5, 0.6) is 0 Å². The molecule has 0 spiro atoms. The number of hydrogen-bond acceptors (Lipinski definition) is 7. The van der Waals surface area contributed by atoms with Crippen molar-refractivity contribution in [3.63, 3.8) is 0 Å². The van der Waals surface area contributed by atoms with Crippen molar-refractivity contribution in [3.8, 4) is 0 Å². The minimum atomic E-state index is -1.47. The standard InChI is InChI=1S/C16H24O7/c1-8-3-4-10(11(18)5-8)9(2)7-22-16-15(21)14(20)13(19)12(6-17)23-16/h4-5,9,12-17,19-21H,3,6-7H2,1-2H3/t9-,12+,13+,14-,15+,16+/m0/s1. The second-order valence-electron chi connectivity index (χ2n) is 6.15. The lowest BCUT2D eigenvalue weighted by Crippen LogP contribution is -2.59. The average molecular weight is 328 g/mol. The lowest BCUT2D eigenvalue weighted by molar-refractivity contribution is -0.302. The molecule has 0 radical (unpaired) electrons. The first kappa shape index (κ1) is 18.3. The van der Waals surface area contributed by atoms with Crippen LogP contribution < -0.4 is 0 Å². The number of ketones is 1. The number of rotatable bonds is 5. The van der Waals surface area contributed by atoms with Crippen LogP contribution in [0.15, 0.2) is 23.3 Å². The van der Waals surface area contributed by atoms with Gasteiger partial charge in [0, 0.05) is 11.5 Å². The van der Waals surface area contributed by atoms with Gasteiger partial charge in [-0.1, -0.05) is 18.6 Å². The van der Waals surface area contributed by atoms with Gasteiger partial charge in [-0.25, -0.2) is 0 Å². The molecule has 1 fully saturated rings. The first-order valence-corrected chi connectivity index (χ1v) is 7.68. The third-order valence-electron chi connectivity index (χ3n) is 4.20. The van der Waals surface area contributed by atoms with Crippen molar-refractivity contribution in [2.24, 2.45) is 5.92 Å². The third-order valence-corrected chi connectivity index (χ3v) is 4.20. The summed E-state index contributed by atoms with van der Waals surface area (Å²) in [5, 5.41) is 38.4. The largest absolute Gasteiger partial charge is 0.394 e. The molecule has 1 heterocycles. The maximum Gasteiger partial charge on any atom is 0.186 e. The van der Waals surface area contributed by atoms with Gasteiger partial charge < -0.3 is 29.9 Å². The molecule has 0 aromatic heterocycles. The smallest absolute Gasteiger partial charge is 0.186 e. The van der Waals surface area contributed by atoms with Gasteiger partial charge in [0.1, 0.15) is 24.4 Å². The zero-order valence-electron chi connectivity index (χ0n) is 13.3. The van der Waals surface area contributed by atoms with Crippen molar-refractivity contribution in [1.29, 1.82) is 0 Å². The average Bonchev–Trinajstić information content (AvgIpc) is 2.51. The summed E-state index contributed by atoms with van der Waals surface area (Å²) in [5.41, 5.74) is 1.64. The fourth-order valence-corrected chi connectivity index (χ4v) is 2.72. The van der Waals surface area contributed by atoms with E-state index in [4.69, 9.17) is 14.6 Å². The number of hydrogen-bond donors (Lipinski definition) is 4. The maximum absolute atomic E-state index is 12.0. The van der Waals surface area contributed by atoms with Gasteiger partial charge in [-0.05, 0) is 19.4 Å². The Morgan fingerprint density at radius 2 is 2.00 bits per heavy atom. The van der Waals surface area contributed by atoms with Crippen LogP contribution in [0.25, 0.3) is 0 Å². The van der Waals surface area contributed by atoms with E-state index >= 15 is 0 Å². The molecule has 1 aliphatic heterocycles. The van der Waals surface area contributed by atoms with Gasteiger partial charge in [0.05, 0.1) is 13.2 Å². The number of ether oxygens (including phenoxy) is 2. The van der Waals surface area contributed by atoms with Gasteiger partial charge in [0.2, 0.25) is 0 Å². The molecule has 2 rings (SSSR count). The molecule has 23 heavy (non-hydrogen) atoms. The summed E-state index contributed by atoms with van der Waals surface area (Å²) in [7, 11) is 0. The second-order valence-corrected chi connectivity index (χ2v) is 6.15. The van der Waals surface area contributed by atoms with Crippen molar-refractivity contribution in [1.82, 2.24) is 0 Å². The van der Waals surface area contributed by atoms with E-state index < -0.39 is 37.3 Å². The Morgan fingerprint density at radius 3 is 2.61 bits per heavy atom. The van der Waals surface area contributed by atoms with Crippen LogP contribution in [0.1, 0.15) is 20.3 Å². The third kappa shape index (κ3) is 4.06. The molecule has 6 atom stereocenters. The molecule has 0 aromatic carbocycles. The van der Waals surface area contributed by atoms with Crippen molar-refractivity contribution in [2.75, 3.05) is 13.2 Å². The Bertz CT molecular complexity index is 497. The van der Waals surface area contributed by atoms with Gasteiger partial charge >= 0.3 is 0 Å². The topological polar surface area (TPSA) is 116 Å². The monoisotopic (exact) mass is 328 g/mol. The minimum absolute atomic E-state index is 0.0568. The molecule has 1 aliphatic carbocycles. The zero-order chi connectivity index (χ0) is 17.1. The Kier molecular flexibility index (Phi) is 6.07. The van der Waals surface area contributed by atoms with Crippen molar-refractivity contribution in [2.45, 2.75) is 51.0 Å². The fraction of sp³-hybridized carbons (Fsp3) is 0.688. The number of allylic oxidation sites excluding steroid dienone is 3. The highest BCUT2D eigenvalue weighted by atomic mass is 16.7. The Labute approximate surface area is 134 Å². The zero-order valence-corrected chi connectivity index (χ0v) is 13.3. The predicted molar refractivity (Wildman–Crippen MR) is 80.3 cm³/mol. The highest BCUT2D eigenvalue weighted by Gasteiger charge is 2.44. The van der Waals surface area contributed by atoms with Gasteiger partial charge in [0.25, 0.3) is 0 Å². The van der Waals surface area contributed by atoms with Crippen LogP contribution in [-0.4, -0.2) is 70.1 Å². The summed E-state index contributed by atoms with van der Waals surface area (Å²) in [6.45, 7) is 3.31. The first-order valence-electron chi connectivity index (χ1n) is 7.68. The van der Waals surface area contributed by atoms with E-state index in [-0.39, 0.29) is 18.3 Å². The van der Waals surface area contributed by atoms with Crippen LogP contribution in [0, 0.1) is 5.92 Å². The molecular formula is C16H24O7. The molecule has 4 N–H and O–H groups in total. The molecule has 130 valence electrons. The molecule has 0 aromatic rings. The summed E-state index contributed by atoms with van der Waals surface area (Å²) in [5.74, 6) is -0.266. The molecule has 0 amide bonds. The number of aliphatic hydroxyl groups is 4. The van der Waals surface area contributed by atoms with Gasteiger partial charge in [-0.2, -0.15) is 0 Å². The van der Waals surface area contributed by atoms with E-state index in [1.54, 1.807) is 6.08 Å². The number of aliphatic hydroxyl groups excluding tert-OH is 4. The number of carbonyl (C=O) groups is 1. The highest BCUT2D eigenvalue weighted by Crippen LogP contribution is 2.25. The summed E-state index contributed by atoms with van der Waals surface area (Å²) >= 11 is 0. The molecule has 7 heteroatoms. The lowest BCUT2D eigenvalue weighted by atomic mass is 9.91. The summed E-state index contributed by atoms with van der Waals surface area (Å²) in [4.78, 5) is 12.0. The van der Waals surface area contributed by atoms with Crippen LogP contribution in [-0.2, 0) is 14.3 Å². The van der Waals surface area contributed by atoms with Crippen molar-refractivity contribution < 1.29 is 34.7 Å². The fourth-order valence-electron chi connectivity index (χ4n) is 2.72. The van der Waals surface area contributed by atoms with E-state index in [1.165, 1.54) is 0 Å². The highest BCUT2D eigenvalue weighted by molar-refractivity contribution is 6.05. The van der Waals surface area contributed by atoms with Crippen LogP contribution in [0.2, 0.25) is 0 Å². The normalized spacial score (nSPS) is 36.4. The van der Waals surface area contributed by atoms with Crippen LogP contribution in [0.3, 0.4) is 0 Å². The molecule has 1 saturated heterocycles. The van der Waals surface area contributed by atoms with Crippen LogP contribution in [0.4, 0.5) is 0 Å². The van der Waals surface area contributed by atoms with E-state index in [2.05, 4.69) is 0 Å². The summed E-state index contributed by atoms with van der Waals surface area (Å²) in [6.07, 6.45) is -2.33. The second kappa shape index (κ2) is 7.65. The maximum atomic E-state index is 12.0. The Hall–Kier alpha value is -1.09. The molecule has 0 unspecified atom stereocenters. The molecule has 0 bridgehead atoms. The quantitative estimate of drug-likeness (QED) is 0.526. The molecule has 0 saturated carbocycles.